The first-order valence-electron chi connectivity index (χ1n) is 5.48. The van der Waals surface area contributed by atoms with Crippen molar-refractivity contribution in [2.24, 2.45) is 0 Å². The third-order valence-electron chi connectivity index (χ3n) is 2.28. The molecule has 8 heteroatoms. The van der Waals surface area contributed by atoms with Gasteiger partial charge >= 0.3 is 5.97 Å². The van der Waals surface area contributed by atoms with Gasteiger partial charge in [0.15, 0.2) is 0 Å². The summed E-state index contributed by atoms with van der Waals surface area (Å²) in [5.41, 5.74) is -0.759. The van der Waals surface area contributed by atoms with Crippen LogP contribution in [0, 0.1) is 0 Å². The van der Waals surface area contributed by atoms with E-state index in [1.807, 2.05) is 0 Å². The normalized spacial score (nSPS) is 11.6. The molecule has 0 bridgehead atoms. The molecule has 0 amide bonds. The quantitative estimate of drug-likeness (QED) is 0.811. The summed E-state index contributed by atoms with van der Waals surface area (Å²) < 4.78 is 33.1. The fraction of sp³-hybridized carbons (Fsp3) is 0.364. The molecule has 0 unspecified atom stereocenters. The van der Waals surface area contributed by atoms with Crippen LogP contribution < -0.4 is 0 Å². The van der Waals surface area contributed by atoms with E-state index < -0.39 is 17.6 Å². The Hall–Kier alpha value is -1.83. The summed E-state index contributed by atoms with van der Waals surface area (Å²) in [6.07, 6.45) is 2.55. The summed E-state index contributed by atoms with van der Waals surface area (Å²) in [7, 11) is 0. The van der Waals surface area contributed by atoms with Crippen molar-refractivity contribution in [2.45, 2.75) is 19.8 Å². The highest BCUT2D eigenvalue weighted by Crippen LogP contribution is 2.32. The average Bonchev–Trinajstić information content (AvgIpc) is 2.97. The summed E-state index contributed by atoms with van der Waals surface area (Å²) >= 11 is 1.15. The lowest BCUT2D eigenvalue weighted by Gasteiger charge is -2.13. The van der Waals surface area contributed by atoms with Gasteiger partial charge in [0.25, 0.3) is 5.92 Å². The molecule has 0 atom stereocenters. The van der Waals surface area contributed by atoms with Gasteiger partial charge in [-0.3, -0.25) is 0 Å². The lowest BCUT2D eigenvalue weighted by Crippen LogP contribution is -2.19. The molecule has 0 saturated heterocycles. The van der Waals surface area contributed by atoms with E-state index in [9.17, 15) is 13.6 Å². The third kappa shape index (κ3) is 2.62. The first-order valence-corrected chi connectivity index (χ1v) is 6.36. The van der Waals surface area contributed by atoms with E-state index in [-0.39, 0.29) is 17.3 Å². The molecule has 0 N–H and O–H groups in total. The summed E-state index contributed by atoms with van der Waals surface area (Å²) in [6.45, 7) is 2.42. The fourth-order valence-corrected chi connectivity index (χ4v) is 2.20. The van der Waals surface area contributed by atoms with Gasteiger partial charge in [-0.2, -0.15) is 13.9 Å². The van der Waals surface area contributed by atoms with Gasteiger partial charge in [0.2, 0.25) is 5.13 Å². The van der Waals surface area contributed by atoms with Crippen LogP contribution in [0.25, 0.3) is 5.13 Å². The molecule has 0 aliphatic heterocycles. The summed E-state index contributed by atoms with van der Waals surface area (Å²) in [6, 6.07) is 0. The zero-order chi connectivity index (χ0) is 14.0. The average molecular weight is 287 g/mol. The van der Waals surface area contributed by atoms with Crippen LogP contribution in [0.15, 0.2) is 17.8 Å². The van der Waals surface area contributed by atoms with Crippen molar-refractivity contribution in [3.63, 3.8) is 0 Å². The number of nitrogens with zero attached hydrogens (tertiary/aromatic N) is 3. The fourth-order valence-electron chi connectivity index (χ4n) is 1.59. The minimum absolute atomic E-state index is 0.107. The molecule has 0 saturated carbocycles. The van der Waals surface area contributed by atoms with Crippen molar-refractivity contribution in [1.82, 2.24) is 14.8 Å². The van der Waals surface area contributed by atoms with Crippen molar-refractivity contribution in [3.05, 3.63) is 29.0 Å². The molecule has 0 spiro atoms. The van der Waals surface area contributed by atoms with Gasteiger partial charge in [-0.1, -0.05) is 0 Å². The monoisotopic (exact) mass is 287 g/mol. The molecular weight excluding hydrogens is 276 g/mol. The Morgan fingerprint density at radius 1 is 1.58 bits per heavy atom. The number of rotatable bonds is 4. The number of hydrogen-bond acceptors (Lipinski definition) is 5. The van der Waals surface area contributed by atoms with Gasteiger partial charge < -0.3 is 4.74 Å². The zero-order valence-corrected chi connectivity index (χ0v) is 11.1. The molecule has 2 rings (SSSR count). The number of hydrogen-bond donors (Lipinski definition) is 0. The molecule has 0 aliphatic rings. The molecular formula is C11H11F2N3O2S. The molecule has 0 radical (unpaired) electrons. The number of carbonyl (C=O) groups excluding carboxylic acids is 1. The van der Waals surface area contributed by atoms with Gasteiger partial charge in [-0.15, -0.1) is 11.3 Å². The lowest BCUT2D eigenvalue weighted by molar-refractivity contribution is 0.00753. The molecule has 102 valence electrons. The molecule has 0 fully saturated rings. The van der Waals surface area contributed by atoms with Gasteiger partial charge in [0, 0.05) is 18.5 Å². The molecule has 5 nitrogen and oxygen atoms in total. The van der Waals surface area contributed by atoms with Gasteiger partial charge in [-0.05, 0) is 6.92 Å². The standard InChI is InChI=1S/C11H11F2N3O2S/c1-3-18-9(17)7-6-15-16(8(7)11(2,12)13)10-14-4-5-19-10/h4-6H,3H2,1-2H3. The molecule has 19 heavy (non-hydrogen) atoms. The second-order valence-corrected chi connectivity index (χ2v) is 4.62. The molecule has 0 aliphatic carbocycles. The zero-order valence-electron chi connectivity index (χ0n) is 10.3. The van der Waals surface area contributed by atoms with Crippen molar-refractivity contribution in [3.8, 4) is 5.13 Å². The van der Waals surface area contributed by atoms with Crippen LogP contribution in [0.1, 0.15) is 29.9 Å². The van der Waals surface area contributed by atoms with Crippen LogP contribution in [0.5, 0.6) is 0 Å². The first kappa shape index (κ1) is 13.6. The predicted octanol–water partition coefficient (Wildman–Crippen LogP) is 2.62. The number of aromatic nitrogens is 3. The molecule has 2 heterocycles. The van der Waals surface area contributed by atoms with E-state index in [2.05, 4.69) is 10.1 Å². The third-order valence-corrected chi connectivity index (χ3v) is 3.03. The number of esters is 1. The SMILES string of the molecule is CCOC(=O)c1cnn(-c2nccs2)c1C(C)(F)F. The number of thiazole rings is 1. The molecule has 2 aromatic heterocycles. The van der Waals surface area contributed by atoms with Crippen molar-refractivity contribution >= 4 is 17.3 Å². The first-order chi connectivity index (χ1) is 8.95. The summed E-state index contributed by atoms with van der Waals surface area (Å²) in [4.78, 5) is 15.6. The van der Waals surface area contributed by atoms with Crippen molar-refractivity contribution in [1.29, 1.82) is 0 Å². The van der Waals surface area contributed by atoms with E-state index in [1.165, 1.54) is 6.20 Å². The largest absolute Gasteiger partial charge is 0.462 e. The smallest absolute Gasteiger partial charge is 0.341 e. The Morgan fingerprint density at radius 2 is 2.32 bits per heavy atom. The van der Waals surface area contributed by atoms with Crippen LogP contribution in [-0.4, -0.2) is 27.3 Å². The van der Waals surface area contributed by atoms with Crippen molar-refractivity contribution < 1.29 is 18.3 Å². The van der Waals surface area contributed by atoms with Crippen LogP contribution in [0.2, 0.25) is 0 Å². The Labute approximate surface area is 111 Å². The van der Waals surface area contributed by atoms with E-state index in [0.29, 0.717) is 6.92 Å². The maximum atomic E-state index is 13.7. The van der Waals surface area contributed by atoms with Gasteiger partial charge in [-0.25, -0.2) is 14.5 Å². The number of ether oxygens (including phenoxy) is 1. The maximum Gasteiger partial charge on any atom is 0.341 e. The highest BCUT2D eigenvalue weighted by molar-refractivity contribution is 7.12. The van der Waals surface area contributed by atoms with Crippen LogP contribution in [0.3, 0.4) is 0 Å². The van der Waals surface area contributed by atoms with Crippen LogP contribution >= 0.6 is 11.3 Å². The summed E-state index contributed by atoms with van der Waals surface area (Å²) in [5.74, 6) is -4.05. The molecule has 2 aromatic rings. The Kier molecular flexibility index (Phi) is 3.61. The number of carbonyl (C=O) groups is 1. The lowest BCUT2D eigenvalue weighted by atomic mass is 10.1. The minimum atomic E-state index is -3.23. The van der Waals surface area contributed by atoms with E-state index >= 15 is 0 Å². The summed E-state index contributed by atoms with van der Waals surface area (Å²) in [5, 5.41) is 5.72. The highest BCUT2D eigenvalue weighted by atomic mass is 32.1. The topological polar surface area (TPSA) is 57.0 Å². The Balaban J connectivity index is 2.55. The Morgan fingerprint density at radius 3 is 2.84 bits per heavy atom. The second-order valence-electron chi connectivity index (χ2n) is 3.74. The minimum Gasteiger partial charge on any atom is -0.462 e. The van der Waals surface area contributed by atoms with E-state index in [1.54, 1.807) is 12.3 Å². The predicted molar refractivity (Wildman–Crippen MR) is 64.8 cm³/mol. The van der Waals surface area contributed by atoms with Crippen LogP contribution in [0.4, 0.5) is 8.78 Å². The van der Waals surface area contributed by atoms with E-state index in [0.717, 1.165) is 22.2 Å². The highest BCUT2D eigenvalue weighted by Gasteiger charge is 2.36. The Bertz CT molecular complexity index is 575. The number of alkyl halides is 2. The van der Waals surface area contributed by atoms with E-state index in [4.69, 9.17) is 4.74 Å². The maximum absolute atomic E-state index is 13.7. The van der Waals surface area contributed by atoms with Crippen LogP contribution in [-0.2, 0) is 10.7 Å². The van der Waals surface area contributed by atoms with Crippen molar-refractivity contribution in [2.75, 3.05) is 6.61 Å². The number of halogens is 2. The second kappa shape index (κ2) is 5.04. The molecule has 0 aromatic carbocycles. The van der Waals surface area contributed by atoms with Gasteiger partial charge in [0.1, 0.15) is 11.3 Å². The van der Waals surface area contributed by atoms with Gasteiger partial charge in [0.05, 0.1) is 12.8 Å².